The Morgan fingerprint density at radius 3 is 2.38 bits per heavy atom. The van der Waals surface area contributed by atoms with Crippen LogP contribution in [0.2, 0.25) is 0 Å². The van der Waals surface area contributed by atoms with Crippen molar-refractivity contribution in [3.8, 4) is 0 Å². The minimum Gasteiger partial charge on any atom is -0.548 e. The fourth-order valence-electron chi connectivity index (χ4n) is 2.18. The molecule has 0 aliphatic rings. The SMILES string of the molecule is C[C@@H](NC(=O)/C(=C/c1cccc([N+](=O)[O-])c1)NC(=O)c1ccc(Br)cc1)C(=O)[O-]. The van der Waals surface area contributed by atoms with E-state index in [0.717, 1.165) is 4.47 Å². The van der Waals surface area contributed by atoms with Crippen LogP contribution < -0.4 is 15.7 Å². The number of benzene rings is 2. The monoisotopic (exact) mass is 460 g/mol. The Morgan fingerprint density at radius 2 is 1.79 bits per heavy atom. The number of carbonyl (C=O) groups is 3. The van der Waals surface area contributed by atoms with Gasteiger partial charge in [-0.15, -0.1) is 0 Å². The number of carboxylic acid groups (broad SMARTS) is 1. The van der Waals surface area contributed by atoms with Crippen molar-refractivity contribution in [2.75, 3.05) is 0 Å². The van der Waals surface area contributed by atoms with Gasteiger partial charge in [0, 0.05) is 22.2 Å². The Morgan fingerprint density at radius 1 is 1.14 bits per heavy atom. The van der Waals surface area contributed by atoms with Crippen LogP contribution in [0, 0.1) is 10.1 Å². The van der Waals surface area contributed by atoms with E-state index in [1.807, 2.05) is 0 Å². The first-order chi connectivity index (χ1) is 13.7. The van der Waals surface area contributed by atoms with E-state index in [-0.39, 0.29) is 22.5 Å². The summed E-state index contributed by atoms with van der Waals surface area (Å²) in [6, 6.07) is 10.4. The third-order valence-corrected chi connectivity index (χ3v) is 4.22. The molecule has 0 fully saturated rings. The fourth-order valence-corrected chi connectivity index (χ4v) is 2.45. The van der Waals surface area contributed by atoms with Crippen LogP contribution in [0.5, 0.6) is 0 Å². The number of amides is 2. The molecular formula is C19H15BrN3O6-. The number of carboxylic acids is 1. The number of nitrogens with one attached hydrogen (secondary N) is 2. The molecule has 0 bridgehead atoms. The quantitative estimate of drug-likeness (QED) is 0.363. The molecule has 150 valence electrons. The summed E-state index contributed by atoms with van der Waals surface area (Å²) in [4.78, 5) is 46.2. The molecule has 0 aliphatic heterocycles. The van der Waals surface area contributed by atoms with Gasteiger partial charge in [0.15, 0.2) is 0 Å². The highest BCUT2D eigenvalue weighted by atomic mass is 79.9. The van der Waals surface area contributed by atoms with Gasteiger partial charge in [-0.1, -0.05) is 28.1 Å². The number of carbonyl (C=O) groups excluding carboxylic acids is 3. The molecule has 0 radical (unpaired) electrons. The van der Waals surface area contributed by atoms with E-state index in [0.29, 0.717) is 0 Å². The third-order valence-electron chi connectivity index (χ3n) is 3.69. The zero-order valence-corrected chi connectivity index (χ0v) is 16.6. The van der Waals surface area contributed by atoms with Crippen molar-refractivity contribution in [2.24, 2.45) is 0 Å². The standard InChI is InChI=1S/C19H16BrN3O6/c1-11(19(26)27)21-18(25)16(10-12-3-2-4-15(9-12)23(28)29)22-17(24)13-5-7-14(20)8-6-13/h2-11H,1H3,(H,21,25)(H,22,24)(H,26,27)/p-1/b16-10-/t11-/m1/s1. The first-order valence-electron chi connectivity index (χ1n) is 8.22. The average molecular weight is 461 g/mol. The summed E-state index contributed by atoms with van der Waals surface area (Å²) in [5, 5.41) is 26.4. The van der Waals surface area contributed by atoms with Crippen LogP contribution in [0.4, 0.5) is 5.69 Å². The number of hydrogen-bond acceptors (Lipinski definition) is 6. The van der Waals surface area contributed by atoms with Crippen molar-refractivity contribution >= 4 is 45.5 Å². The van der Waals surface area contributed by atoms with Gasteiger partial charge < -0.3 is 20.5 Å². The highest BCUT2D eigenvalue weighted by Crippen LogP contribution is 2.16. The molecule has 10 heteroatoms. The minimum atomic E-state index is -1.51. The maximum Gasteiger partial charge on any atom is 0.270 e. The Kier molecular flexibility index (Phi) is 7.21. The van der Waals surface area contributed by atoms with Crippen LogP contribution in [0.1, 0.15) is 22.8 Å². The smallest absolute Gasteiger partial charge is 0.270 e. The van der Waals surface area contributed by atoms with Gasteiger partial charge in [-0.25, -0.2) is 0 Å². The Hall–Kier alpha value is -3.53. The molecular weight excluding hydrogens is 446 g/mol. The largest absolute Gasteiger partial charge is 0.548 e. The first kappa shape index (κ1) is 21.8. The van der Waals surface area contributed by atoms with E-state index >= 15 is 0 Å². The van der Waals surface area contributed by atoms with Crippen LogP contribution in [-0.4, -0.2) is 28.7 Å². The summed E-state index contributed by atoms with van der Waals surface area (Å²) in [5.74, 6) is -3.02. The molecule has 0 aliphatic carbocycles. The topological polar surface area (TPSA) is 141 Å². The lowest BCUT2D eigenvalue weighted by Crippen LogP contribution is -2.48. The second-order valence-corrected chi connectivity index (χ2v) is 6.80. The summed E-state index contributed by atoms with van der Waals surface area (Å²) in [5.41, 5.74) is 0.0211. The van der Waals surface area contributed by atoms with Crippen molar-refractivity contribution in [1.29, 1.82) is 0 Å². The summed E-state index contributed by atoms with van der Waals surface area (Å²) in [6.45, 7) is 1.20. The van der Waals surface area contributed by atoms with Crippen LogP contribution in [-0.2, 0) is 9.59 Å². The first-order valence-corrected chi connectivity index (χ1v) is 9.01. The average Bonchev–Trinajstić information content (AvgIpc) is 2.67. The second kappa shape index (κ2) is 9.60. The number of non-ortho nitro benzene ring substituents is 1. The molecule has 2 amide bonds. The lowest BCUT2D eigenvalue weighted by molar-refractivity contribution is -0.384. The maximum absolute atomic E-state index is 12.5. The van der Waals surface area contributed by atoms with Crippen LogP contribution in [0.25, 0.3) is 6.08 Å². The summed E-state index contributed by atoms with van der Waals surface area (Å²) in [7, 11) is 0. The molecule has 0 saturated heterocycles. The van der Waals surface area contributed by atoms with Gasteiger partial charge in [0.1, 0.15) is 5.70 Å². The third kappa shape index (κ3) is 6.25. The number of nitro benzene ring substituents is 1. The van der Waals surface area contributed by atoms with Gasteiger partial charge in [-0.3, -0.25) is 19.7 Å². The molecule has 0 heterocycles. The minimum absolute atomic E-state index is 0.208. The molecule has 2 aromatic carbocycles. The van der Waals surface area contributed by atoms with Crippen molar-refractivity contribution < 1.29 is 24.4 Å². The van der Waals surface area contributed by atoms with Gasteiger partial charge in [0.25, 0.3) is 17.5 Å². The summed E-state index contributed by atoms with van der Waals surface area (Å²) >= 11 is 3.25. The van der Waals surface area contributed by atoms with Gasteiger partial charge in [0.2, 0.25) is 0 Å². The molecule has 2 N–H and O–H groups in total. The molecule has 1 atom stereocenters. The van der Waals surface area contributed by atoms with E-state index in [4.69, 9.17) is 0 Å². The Bertz CT molecular complexity index is 988. The van der Waals surface area contributed by atoms with Gasteiger partial charge in [0.05, 0.1) is 16.9 Å². The molecule has 29 heavy (non-hydrogen) atoms. The van der Waals surface area contributed by atoms with E-state index < -0.39 is 28.7 Å². The number of hydrogen-bond donors (Lipinski definition) is 2. The van der Waals surface area contributed by atoms with E-state index in [9.17, 15) is 29.6 Å². The second-order valence-electron chi connectivity index (χ2n) is 5.89. The van der Waals surface area contributed by atoms with E-state index in [1.165, 1.54) is 49.4 Å². The van der Waals surface area contributed by atoms with E-state index in [1.54, 1.807) is 12.1 Å². The zero-order valence-electron chi connectivity index (χ0n) is 15.0. The summed E-state index contributed by atoms with van der Waals surface area (Å²) in [6.07, 6.45) is 1.21. The van der Waals surface area contributed by atoms with Gasteiger partial charge >= 0.3 is 0 Å². The van der Waals surface area contributed by atoms with Crippen LogP contribution >= 0.6 is 15.9 Å². The molecule has 2 rings (SSSR count). The maximum atomic E-state index is 12.5. The molecule has 0 aromatic heterocycles. The number of nitrogens with zero attached hydrogens (tertiary/aromatic N) is 1. The number of rotatable bonds is 7. The van der Waals surface area contributed by atoms with Crippen molar-refractivity contribution in [3.05, 3.63) is 79.9 Å². The lowest BCUT2D eigenvalue weighted by atomic mass is 10.1. The van der Waals surface area contributed by atoms with E-state index in [2.05, 4.69) is 26.6 Å². The summed E-state index contributed by atoms with van der Waals surface area (Å²) < 4.78 is 0.752. The van der Waals surface area contributed by atoms with Crippen LogP contribution in [0.15, 0.2) is 58.7 Å². The highest BCUT2D eigenvalue weighted by molar-refractivity contribution is 9.10. The number of halogens is 1. The predicted octanol–water partition coefficient (Wildman–Crippen LogP) is 1.38. The molecule has 0 unspecified atom stereocenters. The zero-order chi connectivity index (χ0) is 21.6. The van der Waals surface area contributed by atoms with Crippen molar-refractivity contribution in [1.82, 2.24) is 10.6 Å². The molecule has 2 aromatic rings. The van der Waals surface area contributed by atoms with Crippen LogP contribution in [0.3, 0.4) is 0 Å². The molecule has 9 nitrogen and oxygen atoms in total. The fraction of sp³-hybridized carbons (Fsp3) is 0.105. The highest BCUT2D eigenvalue weighted by Gasteiger charge is 2.17. The van der Waals surface area contributed by atoms with Crippen molar-refractivity contribution in [3.63, 3.8) is 0 Å². The van der Waals surface area contributed by atoms with Crippen molar-refractivity contribution in [2.45, 2.75) is 13.0 Å². The molecule has 0 spiro atoms. The predicted molar refractivity (Wildman–Crippen MR) is 105 cm³/mol. The number of nitro groups is 1. The lowest BCUT2D eigenvalue weighted by Gasteiger charge is -2.17. The van der Waals surface area contributed by atoms with Gasteiger partial charge in [-0.2, -0.15) is 0 Å². The number of aliphatic carboxylic acids is 1. The Labute approximate surface area is 173 Å². The van der Waals surface area contributed by atoms with Gasteiger partial charge in [-0.05, 0) is 42.8 Å². The molecule has 0 saturated carbocycles. The Balaban J connectivity index is 2.36. The normalized spacial score (nSPS) is 12.0.